The molecule has 16 heavy (non-hydrogen) atoms. The number of Topliss-reactive ketones (excluding diaryl/α,β-unsaturated/α-hetero) is 1. The Hall–Kier alpha value is -0.900. The molecule has 0 bridgehead atoms. The van der Waals surface area contributed by atoms with Gasteiger partial charge < -0.3 is 10.2 Å². The number of aliphatic hydroxyl groups is 2. The van der Waals surface area contributed by atoms with E-state index in [1.54, 1.807) is 31.2 Å². The molecule has 0 heterocycles. The molecule has 2 atom stereocenters. The number of rotatable bonds is 5. The average Bonchev–Trinajstić information content (AvgIpc) is 2.36. The second kappa shape index (κ2) is 5.99. The van der Waals surface area contributed by atoms with E-state index >= 15 is 0 Å². The molecule has 88 valence electrons. The molecule has 0 spiro atoms. The summed E-state index contributed by atoms with van der Waals surface area (Å²) in [6.45, 7) is 1.79. The van der Waals surface area contributed by atoms with Crippen LogP contribution >= 0.6 is 11.6 Å². The smallest absolute Gasteiger partial charge is 0.162 e. The van der Waals surface area contributed by atoms with Gasteiger partial charge in [-0.2, -0.15) is 0 Å². The molecule has 0 amide bonds. The van der Waals surface area contributed by atoms with E-state index in [2.05, 4.69) is 0 Å². The summed E-state index contributed by atoms with van der Waals surface area (Å²) in [5.74, 6) is 0.0236. The number of alkyl halides is 1. The summed E-state index contributed by atoms with van der Waals surface area (Å²) in [6, 6.07) is 6.54. The third-order valence-corrected chi connectivity index (χ3v) is 2.73. The van der Waals surface area contributed by atoms with Crippen molar-refractivity contribution in [1.82, 2.24) is 0 Å². The first-order chi connectivity index (χ1) is 7.60. The van der Waals surface area contributed by atoms with Crippen LogP contribution in [0, 0.1) is 0 Å². The second-order valence-electron chi connectivity index (χ2n) is 3.57. The molecule has 0 saturated carbocycles. The van der Waals surface area contributed by atoms with Crippen LogP contribution in [0.5, 0.6) is 0 Å². The molecule has 2 N–H and O–H groups in total. The molecule has 2 unspecified atom stereocenters. The minimum atomic E-state index is -1.01. The molecule has 0 aliphatic heterocycles. The van der Waals surface area contributed by atoms with Gasteiger partial charge in [0, 0.05) is 12.0 Å². The van der Waals surface area contributed by atoms with Gasteiger partial charge in [0.25, 0.3) is 0 Å². The number of carbonyl (C=O) groups is 1. The monoisotopic (exact) mass is 242 g/mol. The highest BCUT2D eigenvalue weighted by atomic mass is 35.5. The number of carbonyl (C=O) groups excluding carboxylic acids is 1. The molecule has 1 rings (SSSR count). The van der Waals surface area contributed by atoms with Crippen LogP contribution in [-0.4, -0.2) is 28.0 Å². The summed E-state index contributed by atoms with van der Waals surface area (Å²) >= 11 is 5.44. The fourth-order valence-corrected chi connectivity index (χ4v) is 1.55. The Labute approximate surface area is 99.7 Å². The fraction of sp³-hybridized carbons (Fsp3) is 0.417. The summed E-state index contributed by atoms with van der Waals surface area (Å²) < 4.78 is 0. The van der Waals surface area contributed by atoms with Crippen molar-refractivity contribution < 1.29 is 15.0 Å². The van der Waals surface area contributed by atoms with Crippen LogP contribution in [0.3, 0.4) is 0 Å². The molecular formula is C12H15ClO3. The highest BCUT2D eigenvalue weighted by Gasteiger charge is 2.17. The van der Waals surface area contributed by atoms with E-state index < -0.39 is 12.2 Å². The second-order valence-corrected chi connectivity index (χ2v) is 3.87. The van der Waals surface area contributed by atoms with E-state index in [9.17, 15) is 15.0 Å². The highest BCUT2D eigenvalue weighted by Crippen LogP contribution is 2.18. The zero-order chi connectivity index (χ0) is 12.1. The maximum atomic E-state index is 11.4. The maximum Gasteiger partial charge on any atom is 0.162 e. The molecule has 0 radical (unpaired) electrons. The van der Waals surface area contributed by atoms with Gasteiger partial charge in [-0.25, -0.2) is 0 Å². The predicted molar refractivity (Wildman–Crippen MR) is 62.8 cm³/mol. The maximum absolute atomic E-state index is 11.4. The van der Waals surface area contributed by atoms with E-state index in [1.807, 2.05) is 0 Å². The van der Waals surface area contributed by atoms with Gasteiger partial charge in [0.1, 0.15) is 6.10 Å². The number of hydrogen-bond donors (Lipinski definition) is 2. The lowest BCUT2D eigenvalue weighted by Gasteiger charge is -2.15. The predicted octanol–water partition coefficient (Wildman–Crippen LogP) is 1.91. The summed E-state index contributed by atoms with van der Waals surface area (Å²) in [6.07, 6.45) is -1.55. The lowest BCUT2D eigenvalue weighted by Crippen LogP contribution is -2.19. The van der Waals surface area contributed by atoms with Gasteiger partial charge >= 0.3 is 0 Å². The molecule has 0 saturated heterocycles. The van der Waals surface area contributed by atoms with Crippen LogP contribution in [0.4, 0.5) is 0 Å². The highest BCUT2D eigenvalue weighted by molar-refractivity contribution is 6.18. The minimum Gasteiger partial charge on any atom is -0.389 e. The quantitative estimate of drug-likeness (QED) is 0.613. The van der Waals surface area contributed by atoms with Crippen molar-refractivity contribution in [3.05, 3.63) is 35.4 Å². The van der Waals surface area contributed by atoms with Gasteiger partial charge in [0.05, 0.1) is 12.0 Å². The van der Waals surface area contributed by atoms with Crippen molar-refractivity contribution in [3.8, 4) is 0 Å². The number of benzene rings is 1. The molecule has 4 heteroatoms. The first kappa shape index (κ1) is 13.2. The third kappa shape index (κ3) is 3.04. The fourth-order valence-electron chi connectivity index (χ4n) is 1.38. The Morgan fingerprint density at radius 1 is 1.31 bits per heavy atom. The molecule has 0 aromatic heterocycles. The molecule has 1 aromatic rings. The van der Waals surface area contributed by atoms with Crippen LogP contribution < -0.4 is 0 Å². The lowest BCUT2D eigenvalue weighted by atomic mass is 10.0. The first-order valence-electron chi connectivity index (χ1n) is 5.15. The van der Waals surface area contributed by atoms with E-state index in [0.717, 1.165) is 0 Å². The van der Waals surface area contributed by atoms with Crippen molar-refractivity contribution in [3.63, 3.8) is 0 Å². The van der Waals surface area contributed by atoms with Crippen molar-refractivity contribution >= 4 is 17.4 Å². The summed E-state index contributed by atoms with van der Waals surface area (Å²) in [5.41, 5.74) is 1.17. The van der Waals surface area contributed by atoms with Gasteiger partial charge in [0.2, 0.25) is 0 Å². The molecule has 0 fully saturated rings. The van der Waals surface area contributed by atoms with Gasteiger partial charge in [-0.1, -0.05) is 31.2 Å². The number of hydrogen-bond acceptors (Lipinski definition) is 3. The Kier molecular flexibility index (Phi) is 4.93. The van der Waals surface area contributed by atoms with Crippen molar-refractivity contribution in [2.24, 2.45) is 0 Å². The number of halogens is 1. The zero-order valence-corrected chi connectivity index (χ0v) is 9.81. The third-order valence-electron chi connectivity index (χ3n) is 2.42. The lowest BCUT2D eigenvalue weighted by molar-refractivity contribution is 0.0327. The number of ketones is 1. The van der Waals surface area contributed by atoms with E-state index in [-0.39, 0.29) is 11.7 Å². The minimum absolute atomic E-state index is 0.0309. The van der Waals surface area contributed by atoms with Gasteiger partial charge in [-0.3, -0.25) is 4.79 Å². The van der Waals surface area contributed by atoms with Crippen molar-refractivity contribution in [2.75, 3.05) is 5.88 Å². The standard InChI is InChI=1S/C12H15ClO3/c1-2-10(14)8-3-5-9(6-4-8)12(16)11(15)7-13/h3-6,11-12,15-16H,2,7H2,1H3. The van der Waals surface area contributed by atoms with Crippen LogP contribution in [-0.2, 0) is 0 Å². The average molecular weight is 243 g/mol. The summed E-state index contributed by atoms with van der Waals surface area (Å²) in [5, 5.41) is 19.0. The van der Waals surface area contributed by atoms with Crippen LogP contribution in [0.15, 0.2) is 24.3 Å². The molecule has 0 aliphatic rings. The normalized spacial score (nSPS) is 14.5. The summed E-state index contributed by atoms with van der Waals surface area (Å²) in [4.78, 5) is 11.4. The Bertz CT molecular complexity index is 348. The Morgan fingerprint density at radius 3 is 2.31 bits per heavy atom. The first-order valence-corrected chi connectivity index (χ1v) is 5.68. The van der Waals surface area contributed by atoms with E-state index in [1.165, 1.54) is 0 Å². The Morgan fingerprint density at radius 2 is 1.88 bits per heavy atom. The molecule has 3 nitrogen and oxygen atoms in total. The van der Waals surface area contributed by atoms with Gasteiger partial charge in [0.15, 0.2) is 5.78 Å². The Balaban J connectivity index is 2.82. The number of aliphatic hydroxyl groups excluding tert-OH is 2. The topological polar surface area (TPSA) is 57.5 Å². The molecule has 0 aliphatic carbocycles. The van der Waals surface area contributed by atoms with E-state index in [4.69, 9.17) is 11.6 Å². The van der Waals surface area contributed by atoms with Crippen LogP contribution in [0.2, 0.25) is 0 Å². The largest absolute Gasteiger partial charge is 0.389 e. The van der Waals surface area contributed by atoms with Crippen LogP contribution in [0.1, 0.15) is 35.4 Å². The summed E-state index contributed by atoms with van der Waals surface area (Å²) in [7, 11) is 0. The van der Waals surface area contributed by atoms with E-state index in [0.29, 0.717) is 17.5 Å². The van der Waals surface area contributed by atoms with Crippen molar-refractivity contribution in [1.29, 1.82) is 0 Å². The van der Waals surface area contributed by atoms with Crippen LogP contribution in [0.25, 0.3) is 0 Å². The molecular weight excluding hydrogens is 228 g/mol. The SMILES string of the molecule is CCC(=O)c1ccc(C(O)C(O)CCl)cc1. The van der Waals surface area contributed by atoms with Gasteiger partial charge in [-0.05, 0) is 5.56 Å². The molecule has 1 aromatic carbocycles. The van der Waals surface area contributed by atoms with Crippen molar-refractivity contribution in [2.45, 2.75) is 25.6 Å². The van der Waals surface area contributed by atoms with Gasteiger partial charge in [-0.15, -0.1) is 11.6 Å². The zero-order valence-electron chi connectivity index (χ0n) is 9.06.